The van der Waals surface area contributed by atoms with Crippen molar-refractivity contribution in [3.05, 3.63) is 65.4 Å². The van der Waals surface area contributed by atoms with Gasteiger partial charge in [-0.15, -0.1) is 0 Å². The van der Waals surface area contributed by atoms with E-state index in [0.29, 0.717) is 35.4 Å². The van der Waals surface area contributed by atoms with Crippen LogP contribution in [0.15, 0.2) is 48.7 Å². The summed E-state index contributed by atoms with van der Waals surface area (Å²) < 4.78 is 44.2. The van der Waals surface area contributed by atoms with E-state index in [2.05, 4.69) is 10.3 Å². The zero-order chi connectivity index (χ0) is 23.1. The summed E-state index contributed by atoms with van der Waals surface area (Å²) in [5.74, 6) is 0.334. The molecular weight excluding hydrogens is 419 g/mol. The predicted molar refractivity (Wildman–Crippen MR) is 117 cm³/mol. The van der Waals surface area contributed by atoms with Gasteiger partial charge in [-0.1, -0.05) is 12.1 Å². The van der Waals surface area contributed by atoms with Gasteiger partial charge in [0.1, 0.15) is 12.3 Å². The van der Waals surface area contributed by atoms with Crippen LogP contribution in [-0.4, -0.2) is 37.8 Å². The highest BCUT2D eigenvalue weighted by Gasteiger charge is 2.47. The molecule has 0 saturated heterocycles. The first-order valence-corrected chi connectivity index (χ1v) is 10.3. The Hall–Kier alpha value is -3.29. The number of nitrogens with zero attached hydrogens (tertiary/aromatic N) is 2. The normalized spacial score (nSPS) is 14.8. The molecule has 1 aromatic heterocycles. The van der Waals surface area contributed by atoms with Crippen molar-refractivity contribution < 1.29 is 22.7 Å². The molecule has 3 aromatic rings. The molecule has 1 heterocycles. The number of hydrogen-bond acceptors (Lipinski definition) is 4. The highest BCUT2D eigenvalue weighted by atomic mass is 19.4. The average Bonchev–Trinajstić information content (AvgIpc) is 3.52. The van der Waals surface area contributed by atoms with Crippen molar-refractivity contribution >= 4 is 22.5 Å². The Morgan fingerprint density at radius 2 is 1.97 bits per heavy atom. The lowest BCUT2D eigenvalue weighted by Gasteiger charge is -2.25. The van der Waals surface area contributed by atoms with E-state index in [1.807, 2.05) is 19.1 Å². The summed E-state index contributed by atoms with van der Waals surface area (Å²) in [7, 11) is 2.94. The van der Waals surface area contributed by atoms with Crippen LogP contribution in [0.4, 0.5) is 18.9 Å². The number of aryl methyl sites for hydroxylation is 1. The zero-order valence-corrected chi connectivity index (χ0v) is 18.1. The number of halogens is 3. The van der Waals surface area contributed by atoms with Gasteiger partial charge in [0, 0.05) is 29.9 Å². The van der Waals surface area contributed by atoms with Crippen molar-refractivity contribution in [3.8, 4) is 5.75 Å². The van der Waals surface area contributed by atoms with E-state index < -0.39 is 18.3 Å². The molecular formula is C24H24F3N3O2. The largest absolute Gasteiger partial charge is 0.497 e. The summed E-state index contributed by atoms with van der Waals surface area (Å²) in [6.45, 7) is 0.771. The third kappa shape index (κ3) is 4.35. The molecule has 0 spiro atoms. The lowest BCUT2D eigenvalue weighted by Crippen LogP contribution is -2.36. The molecule has 1 N–H and O–H groups in total. The number of rotatable bonds is 6. The van der Waals surface area contributed by atoms with E-state index in [-0.39, 0.29) is 5.91 Å². The molecule has 5 nitrogen and oxygen atoms in total. The number of methoxy groups -OCH3 is 1. The molecule has 168 valence electrons. The Morgan fingerprint density at radius 1 is 1.22 bits per heavy atom. The van der Waals surface area contributed by atoms with Crippen molar-refractivity contribution in [1.82, 2.24) is 10.3 Å². The van der Waals surface area contributed by atoms with E-state index in [1.54, 1.807) is 36.5 Å². The number of pyridine rings is 1. The van der Waals surface area contributed by atoms with Gasteiger partial charge >= 0.3 is 6.18 Å². The molecule has 0 aliphatic heterocycles. The fourth-order valence-electron chi connectivity index (χ4n) is 3.99. The fraction of sp³-hybridized carbons (Fsp3) is 0.333. The maximum Gasteiger partial charge on any atom is 0.405 e. The maximum atomic E-state index is 13.2. The summed E-state index contributed by atoms with van der Waals surface area (Å²) in [5.41, 5.74) is 2.44. The number of alkyl halides is 3. The first kappa shape index (κ1) is 21.9. The van der Waals surface area contributed by atoms with E-state index in [4.69, 9.17) is 4.74 Å². The van der Waals surface area contributed by atoms with Crippen molar-refractivity contribution in [2.24, 2.45) is 0 Å². The van der Waals surface area contributed by atoms with Crippen molar-refractivity contribution in [1.29, 1.82) is 0 Å². The number of aromatic nitrogens is 1. The standard InChI is InChI=1S/C24H24F3N3O2/c1-15-6-7-17(32-3)13-19(15)22(31)29-23(8-9-23)20-11-16(30(2)14-24(25,26)27)12-21-18(20)5-4-10-28-21/h4-7,10-13H,8-9,14H2,1-3H3,(H,29,31). The van der Waals surface area contributed by atoms with Gasteiger partial charge in [-0.3, -0.25) is 9.78 Å². The van der Waals surface area contributed by atoms with Crippen LogP contribution in [0.25, 0.3) is 10.9 Å². The Labute approximate surface area is 184 Å². The topological polar surface area (TPSA) is 54.5 Å². The second kappa shape index (κ2) is 8.00. The van der Waals surface area contributed by atoms with Gasteiger partial charge in [0.25, 0.3) is 5.91 Å². The molecule has 2 aromatic carbocycles. The first-order chi connectivity index (χ1) is 15.1. The Kier molecular flexibility index (Phi) is 5.48. The summed E-state index contributed by atoms with van der Waals surface area (Å²) in [4.78, 5) is 18.7. The molecule has 0 bridgehead atoms. The van der Waals surface area contributed by atoms with Crippen LogP contribution in [-0.2, 0) is 5.54 Å². The second-order valence-electron chi connectivity index (χ2n) is 8.25. The van der Waals surface area contributed by atoms with Crippen LogP contribution >= 0.6 is 0 Å². The Balaban J connectivity index is 1.73. The van der Waals surface area contributed by atoms with E-state index in [0.717, 1.165) is 21.4 Å². The number of nitrogens with one attached hydrogen (secondary N) is 1. The van der Waals surface area contributed by atoms with Gasteiger partial charge in [-0.05, 0) is 61.2 Å². The second-order valence-corrected chi connectivity index (χ2v) is 8.25. The SMILES string of the molecule is COc1ccc(C)c(C(=O)NC2(c3cc(N(C)CC(F)(F)F)cc4ncccc34)CC2)c1. The minimum atomic E-state index is -4.33. The van der Waals surface area contributed by atoms with Crippen LogP contribution in [0.2, 0.25) is 0 Å². The fourth-order valence-corrected chi connectivity index (χ4v) is 3.99. The smallest absolute Gasteiger partial charge is 0.405 e. The van der Waals surface area contributed by atoms with Gasteiger partial charge in [-0.25, -0.2) is 0 Å². The number of ether oxygens (including phenoxy) is 1. The molecule has 1 aliphatic carbocycles. The van der Waals surface area contributed by atoms with Gasteiger partial charge < -0.3 is 15.0 Å². The number of hydrogen-bond donors (Lipinski definition) is 1. The van der Waals surface area contributed by atoms with E-state index in [9.17, 15) is 18.0 Å². The molecule has 8 heteroatoms. The van der Waals surface area contributed by atoms with E-state index in [1.165, 1.54) is 14.2 Å². The minimum absolute atomic E-state index is 0.245. The molecule has 0 atom stereocenters. The number of fused-ring (bicyclic) bond motifs is 1. The monoisotopic (exact) mass is 443 g/mol. The third-order valence-corrected chi connectivity index (χ3v) is 5.87. The lowest BCUT2D eigenvalue weighted by atomic mass is 9.97. The molecule has 1 saturated carbocycles. The minimum Gasteiger partial charge on any atom is -0.497 e. The van der Waals surface area contributed by atoms with Crippen molar-refractivity contribution in [2.45, 2.75) is 31.5 Å². The highest BCUT2D eigenvalue weighted by molar-refractivity contribution is 5.97. The van der Waals surface area contributed by atoms with Gasteiger partial charge in [0.15, 0.2) is 0 Å². The zero-order valence-electron chi connectivity index (χ0n) is 18.1. The quantitative estimate of drug-likeness (QED) is 0.585. The molecule has 1 aliphatic rings. The molecule has 32 heavy (non-hydrogen) atoms. The Morgan fingerprint density at radius 3 is 2.62 bits per heavy atom. The van der Waals surface area contributed by atoms with Crippen molar-refractivity contribution in [2.75, 3.05) is 25.6 Å². The summed E-state index contributed by atoms with van der Waals surface area (Å²) >= 11 is 0. The summed E-state index contributed by atoms with van der Waals surface area (Å²) in [5, 5.41) is 3.95. The molecule has 0 unspecified atom stereocenters. The van der Waals surface area contributed by atoms with E-state index >= 15 is 0 Å². The van der Waals surface area contributed by atoms with Crippen molar-refractivity contribution in [3.63, 3.8) is 0 Å². The lowest BCUT2D eigenvalue weighted by molar-refractivity contribution is -0.119. The molecule has 0 radical (unpaired) electrons. The number of anilines is 1. The molecule has 4 rings (SSSR count). The number of carbonyl (C=O) groups is 1. The van der Waals surface area contributed by atoms with Gasteiger partial charge in [0.2, 0.25) is 0 Å². The summed E-state index contributed by atoms with van der Waals surface area (Å²) in [6.07, 6.45) is -1.34. The molecule has 1 fully saturated rings. The third-order valence-electron chi connectivity index (χ3n) is 5.87. The Bertz CT molecular complexity index is 1170. The van der Waals surface area contributed by atoms with Crippen LogP contribution < -0.4 is 15.0 Å². The number of benzene rings is 2. The first-order valence-electron chi connectivity index (χ1n) is 10.3. The highest BCUT2D eigenvalue weighted by Crippen LogP contribution is 2.49. The molecule has 1 amide bonds. The van der Waals surface area contributed by atoms with Crippen LogP contribution in [0.5, 0.6) is 5.75 Å². The summed E-state index contributed by atoms with van der Waals surface area (Å²) in [6, 6.07) is 12.4. The van der Waals surface area contributed by atoms with Crippen LogP contribution in [0, 0.1) is 6.92 Å². The van der Waals surface area contributed by atoms with Crippen LogP contribution in [0.1, 0.15) is 34.3 Å². The van der Waals surface area contributed by atoms with Gasteiger partial charge in [-0.2, -0.15) is 13.2 Å². The number of amides is 1. The number of carbonyl (C=O) groups excluding carboxylic acids is 1. The van der Waals surface area contributed by atoms with Gasteiger partial charge in [0.05, 0.1) is 18.2 Å². The predicted octanol–water partition coefficient (Wildman–Crippen LogP) is 4.97. The average molecular weight is 443 g/mol. The maximum absolute atomic E-state index is 13.2. The van der Waals surface area contributed by atoms with Crippen LogP contribution in [0.3, 0.4) is 0 Å².